The van der Waals surface area contributed by atoms with Crippen LogP contribution >= 0.6 is 12.4 Å². The predicted molar refractivity (Wildman–Crippen MR) is 66.9 cm³/mol. The van der Waals surface area contributed by atoms with Gasteiger partial charge in [-0.15, -0.1) is 12.4 Å². The fourth-order valence-corrected chi connectivity index (χ4v) is 1.65. The summed E-state index contributed by atoms with van der Waals surface area (Å²) in [6.07, 6.45) is 0.633. The zero-order valence-electron chi connectivity index (χ0n) is 9.92. The Bertz CT molecular complexity index is 342. The lowest BCUT2D eigenvalue weighted by atomic mass is 10.0. The summed E-state index contributed by atoms with van der Waals surface area (Å²) in [5, 5.41) is 0. The van der Waals surface area contributed by atoms with E-state index in [0.717, 1.165) is 16.9 Å². The number of aryl methyl sites for hydroxylation is 1. The third kappa shape index (κ3) is 3.99. The highest BCUT2D eigenvalue weighted by Gasteiger charge is 2.10. The molecule has 0 saturated heterocycles. The van der Waals surface area contributed by atoms with Gasteiger partial charge in [-0.05, 0) is 50.5 Å². The average molecular weight is 248 g/mol. The van der Waals surface area contributed by atoms with Crippen LogP contribution in [0.1, 0.15) is 25.0 Å². The normalized spacial score (nSPS) is 11.8. The summed E-state index contributed by atoms with van der Waals surface area (Å²) in [6, 6.07) is 2.99. The van der Waals surface area contributed by atoms with Crippen molar-refractivity contribution in [3.63, 3.8) is 0 Å². The van der Waals surface area contributed by atoms with Gasteiger partial charge in [-0.2, -0.15) is 0 Å². The molecule has 1 atom stereocenters. The molecule has 0 aromatic heterocycles. The molecule has 0 aliphatic heterocycles. The van der Waals surface area contributed by atoms with E-state index >= 15 is 0 Å². The van der Waals surface area contributed by atoms with Crippen LogP contribution in [-0.2, 0) is 6.42 Å². The van der Waals surface area contributed by atoms with Gasteiger partial charge < -0.3 is 10.5 Å². The minimum atomic E-state index is -0.230. The van der Waals surface area contributed by atoms with Crippen LogP contribution in [-0.4, -0.2) is 12.6 Å². The first kappa shape index (κ1) is 15.2. The molecule has 0 spiro atoms. The molecule has 2 N–H and O–H groups in total. The van der Waals surface area contributed by atoms with Crippen molar-refractivity contribution in [3.05, 3.63) is 29.1 Å². The van der Waals surface area contributed by atoms with E-state index in [0.29, 0.717) is 13.0 Å². The van der Waals surface area contributed by atoms with Crippen LogP contribution in [0.3, 0.4) is 0 Å². The Hall–Kier alpha value is -0.800. The topological polar surface area (TPSA) is 35.2 Å². The minimum absolute atomic E-state index is 0. The van der Waals surface area contributed by atoms with E-state index in [4.69, 9.17) is 10.5 Å². The van der Waals surface area contributed by atoms with Crippen molar-refractivity contribution >= 4 is 12.4 Å². The first-order chi connectivity index (χ1) is 7.04. The van der Waals surface area contributed by atoms with Gasteiger partial charge in [0.15, 0.2) is 0 Å². The highest BCUT2D eigenvalue weighted by Crippen LogP contribution is 2.26. The van der Waals surface area contributed by atoms with Crippen molar-refractivity contribution in [2.24, 2.45) is 5.73 Å². The Morgan fingerprint density at radius 2 is 2.06 bits per heavy atom. The molecule has 0 amide bonds. The number of halogens is 2. The molecule has 1 aromatic carbocycles. The van der Waals surface area contributed by atoms with Crippen LogP contribution in [0.4, 0.5) is 4.39 Å². The summed E-state index contributed by atoms with van der Waals surface area (Å²) in [7, 11) is 0. The molecular weight excluding hydrogens is 229 g/mol. The van der Waals surface area contributed by atoms with Gasteiger partial charge in [-0.3, -0.25) is 0 Å². The van der Waals surface area contributed by atoms with Crippen LogP contribution in [0, 0.1) is 12.7 Å². The van der Waals surface area contributed by atoms with Crippen LogP contribution in [0.2, 0.25) is 0 Å². The molecule has 1 unspecified atom stereocenters. The molecule has 0 saturated carbocycles. The summed E-state index contributed by atoms with van der Waals surface area (Å²) >= 11 is 0. The van der Waals surface area contributed by atoms with Gasteiger partial charge in [0.2, 0.25) is 0 Å². The lowest BCUT2D eigenvalue weighted by molar-refractivity contribution is 0.332. The van der Waals surface area contributed by atoms with Crippen molar-refractivity contribution < 1.29 is 9.13 Å². The second-order valence-electron chi connectivity index (χ2n) is 3.83. The van der Waals surface area contributed by atoms with E-state index in [2.05, 4.69) is 0 Å². The van der Waals surface area contributed by atoms with Crippen LogP contribution in [0.5, 0.6) is 5.75 Å². The highest BCUT2D eigenvalue weighted by atomic mass is 35.5. The molecule has 0 aliphatic carbocycles. The zero-order valence-corrected chi connectivity index (χ0v) is 10.7. The second-order valence-corrected chi connectivity index (χ2v) is 3.83. The highest BCUT2D eigenvalue weighted by molar-refractivity contribution is 5.85. The number of benzene rings is 1. The average Bonchev–Trinajstić information content (AvgIpc) is 2.10. The Labute approximate surface area is 102 Å². The SMILES string of the molecule is CCOc1c(C)cc(F)cc1CC(C)N.Cl. The lowest BCUT2D eigenvalue weighted by Gasteiger charge is -2.14. The molecule has 92 valence electrons. The van der Waals surface area contributed by atoms with Crippen molar-refractivity contribution in [1.29, 1.82) is 0 Å². The Morgan fingerprint density at radius 3 is 2.56 bits per heavy atom. The van der Waals surface area contributed by atoms with Crippen LogP contribution < -0.4 is 10.5 Å². The molecule has 1 aromatic rings. The molecule has 16 heavy (non-hydrogen) atoms. The van der Waals surface area contributed by atoms with Crippen molar-refractivity contribution in [3.8, 4) is 5.75 Å². The maximum atomic E-state index is 13.2. The molecule has 0 fully saturated rings. The predicted octanol–water partition coefficient (Wildman–Crippen LogP) is 2.84. The molecular formula is C12H19ClFNO. The standard InChI is InChI=1S/C12H18FNO.ClH/c1-4-15-12-8(2)5-11(13)7-10(12)6-9(3)14;/h5,7,9H,4,6,14H2,1-3H3;1H. The zero-order chi connectivity index (χ0) is 11.4. The van der Waals surface area contributed by atoms with Crippen molar-refractivity contribution in [1.82, 2.24) is 0 Å². The Morgan fingerprint density at radius 1 is 1.44 bits per heavy atom. The van der Waals surface area contributed by atoms with Gasteiger partial charge in [0.05, 0.1) is 6.61 Å². The van der Waals surface area contributed by atoms with Crippen LogP contribution in [0.15, 0.2) is 12.1 Å². The number of ether oxygens (including phenoxy) is 1. The minimum Gasteiger partial charge on any atom is -0.493 e. The van der Waals surface area contributed by atoms with E-state index in [-0.39, 0.29) is 24.3 Å². The number of hydrogen-bond donors (Lipinski definition) is 1. The summed E-state index contributed by atoms with van der Waals surface area (Å²) in [6.45, 7) is 6.24. The molecule has 0 heterocycles. The molecule has 0 bridgehead atoms. The monoisotopic (exact) mass is 247 g/mol. The van der Waals surface area contributed by atoms with Crippen molar-refractivity contribution in [2.75, 3.05) is 6.61 Å². The summed E-state index contributed by atoms with van der Waals surface area (Å²) in [5.41, 5.74) is 7.39. The molecule has 2 nitrogen and oxygen atoms in total. The first-order valence-corrected chi connectivity index (χ1v) is 5.22. The van der Waals surface area contributed by atoms with Gasteiger partial charge in [0.1, 0.15) is 11.6 Å². The molecule has 0 radical (unpaired) electrons. The van der Waals surface area contributed by atoms with E-state index in [1.165, 1.54) is 12.1 Å². The first-order valence-electron chi connectivity index (χ1n) is 5.22. The van der Waals surface area contributed by atoms with Gasteiger partial charge in [0, 0.05) is 6.04 Å². The molecule has 0 aliphatic rings. The summed E-state index contributed by atoms with van der Waals surface area (Å²) < 4.78 is 18.7. The fraction of sp³-hybridized carbons (Fsp3) is 0.500. The quantitative estimate of drug-likeness (QED) is 0.888. The fourth-order valence-electron chi connectivity index (χ4n) is 1.65. The van der Waals surface area contributed by atoms with Crippen molar-refractivity contribution in [2.45, 2.75) is 33.2 Å². The van der Waals surface area contributed by atoms with Gasteiger partial charge in [-0.25, -0.2) is 4.39 Å². The van der Waals surface area contributed by atoms with E-state index in [9.17, 15) is 4.39 Å². The number of hydrogen-bond acceptors (Lipinski definition) is 2. The summed E-state index contributed by atoms with van der Waals surface area (Å²) in [5.74, 6) is 0.544. The third-order valence-corrected chi connectivity index (χ3v) is 2.15. The van der Waals surface area contributed by atoms with Crippen LogP contribution in [0.25, 0.3) is 0 Å². The molecule has 4 heteroatoms. The van der Waals surface area contributed by atoms with E-state index in [1.54, 1.807) is 0 Å². The van der Waals surface area contributed by atoms with Gasteiger partial charge in [-0.1, -0.05) is 0 Å². The summed E-state index contributed by atoms with van der Waals surface area (Å²) in [4.78, 5) is 0. The maximum Gasteiger partial charge on any atom is 0.125 e. The van der Waals surface area contributed by atoms with E-state index < -0.39 is 0 Å². The maximum absolute atomic E-state index is 13.2. The lowest BCUT2D eigenvalue weighted by Crippen LogP contribution is -2.18. The smallest absolute Gasteiger partial charge is 0.125 e. The number of nitrogens with two attached hydrogens (primary N) is 1. The second kappa shape index (κ2) is 6.71. The Kier molecular flexibility index (Phi) is 6.38. The van der Waals surface area contributed by atoms with Gasteiger partial charge >= 0.3 is 0 Å². The van der Waals surface area contributed by atoms with E-state index in [1.807, 2.05) is 20.8 Å². The Balaban J connectivity index is 0.00000225. The largest absolute Gasteiger partial charge is 0.493 e. The molecule has 1 rings (SSSR count). The van der Waals surface area contributed by atoms with Gasteiger partial charge in [0.25, 0.3) is 0 Å². The number of rotatable bonds is 4. The third-order valence-electron chi connectivity index (χ3n) is 2.15.